The summed E-state index contributed by atoms with van der Waals surface area (Å²) in [4.78, 5) is 10.6. The first-order chi connectivity index (χ1) is 12.8. The van der Waals surface area contributed by atoms with E-state index in [-0.39, 0.29) is 18.8 Å². The molecule has 2 atom stereocenters. The zero-order valence-electron chi connectivity index (χ0n) is 16.4. The van der Waals surface area contributed by atoms with Crippen LogP contribution in [0.4, 0.5) is 8.78 Å². The van der Waals surface area contributed by atoms with E-state index in [0.717, 1.165) is 32.1 Å². The fraction of sp³-hybridized carbons (Fsp3) is 0.810. The molecule has 1 saturated carbocycles. The number of hydrogen-bond acceptors (Lipinski definition) is 3. The Kier molecular flexibility index (Phi) is 10.5. The second-order valence-electron chi connectivity index (χ2n) is 7.89. The molecule has 1 rings (SSSR count). The fourth-order valence-electron chi connectivity index (χ4n) is 4.15. The van der Waals surface area contributed by atoms with Gasteiger partial charge < -0.3 is 15.3 Å². The average Bonchev–Trinajstić information content (AvgIpc) is 3.01. The van der Waals surface area contributed by atoms with Crippen molar-refractivity contribution in [3.8, 4) is 0 Å². The summed E-state index contributed by atoms with van der Waals surface area (Å²) in [6.45, 7) is 2.15. The number of allylic oxidation sites excluding steroid dienone is 2. The Hall–Kier alpha value is -1.01. The van der Waals surface area contributed by atoms with Crippen LogP contribution in [0, 0.1) is 17.8 Å². The van der Waals surface area contributed by atoms with Crippen molar-refractivity contribution in [2.24, 2.45) is 11.3 Å². The predicted octanol–water partition coefficient (Wildman–Crippen LogP) is 5.44. The monoisotopic (exact) mass is 389 g/mol. The summed E-state index contributed by atoms with van der Waals surface area (Å²) in [6, 6.07) is 0. The first-order valence-corrected chi connectivity index (χ1v) is 10.3. The van der Waals surface area contributed by atoms with Crippen molar-refractivity contribution >= 4 is 5.97 Å². The Labute approximate surface area is 161 Å². The van der Waals surface area contributed by atoms with Crippen LogP contribution in [0.25, 0.3) is 0 Å². The standard InChI is InChI=1S/C21H35F2O4/c1-2-3-4-5-6-9-14-20(18(22)23)15-11-13-17(20)12-8-7-10-16-21(26,27)19(24)25/h7-8,17,26-27H,2-6,9-16H2,1H3,(H,24,25)/t17-,20-/m0/s1. The van der Waals surface area contributed by atoms with E-state index in [1.54, 1.807) is 12.2 Å². The highest BCUT2D eigenvalue weighted by Crippen LogP contribution is 2.55. The molecule has 157 valence electrons. The Balaban J connectivity index is 2.49. The lowest BCUT2D eigenvalue weighted by molar-refractivity contribution is -0.205. The van der Waals surface area contributed by atoms with Gasteiger partial charge in [0.15, 0.2) is 0 Å². The summed E-state index contributed by atoms with van der Waals surface area (Å²) in [7, 11) is 0. The van der Waals surface area contributed by atoms with Gasteiger partial charge in [0.2, 0.25) is 0 Å². The topological polar surface area (TPSA) is 77.8 Å². The molecule has 1 radical (unpaired) electrons. The maximum Gasteiger partial charge on any atom is 0.364 e. The van der Waals surface area contributed by atoms with Gasteiger partial charge in [-0.2, -0.15) is 8.78 Å². The summed E-state index contributed by atoms with van der Waals surface area (Å²) in [6.07, 6.45) is 11.5. The third-order valence-corrected chi connectivity index (χ3v) is 5.90. The number of unbranched alkanes of at least 4 members (excludes halogenated alkanes) is 5. The number of halogens is 2. The van der Waals surface area contributed by atoms with Crippen LogP contribution >= 0.6 is 0 Å². The highest BCUT2D eigenvalue weighted by atomic mass is 19.3. The minimum Gasteiger partial charge on any atom is -0.477 e. The first kappa shape index (κ1) is 24.0. The molecule has 0 aromatic rings. The van der Waals surface area contributed by atoms with Crippen molar-refractivity contribution in [3.63, 3.8) is 0 Å². The van der Waals surface area contributed by atoms with Crippen LogP contribution in [0.2, 0.25) is 0 Å². The summed E-state index contributed by atoms with van der Waals surface area (Å²) < 4.78 is 27.7. The Morgan fingerprint density at radius 3 is 2.44 bits per heavy atom. The minimum atomic E-state index is -2.74. The van der Waals surface area contributed by atoms with Crippen LogP contribution in [0.5, 0.6) is 0 Å². The molecule has 6 heteroatoms. The van der Waals surface area contributed by atoms with Crippen LogP contribution in [-0.4, -0.2) is 27.1 Å². The van der Waals surface area contributed by atoms with Crippen LogP contribution in [0.15, 0.2) is 12.2 Å². The molecule has 27 heavy (non-hydrogen) atoms. The number of carbonyl (C=O) groups is 1. The molecule has 0 aromatic carbocycles. The van der Waals surface area contributed by atoms with Crippen molar-refractivity contribution in [1.82, 2.24) is 0 Å². The molecule has 0 aromatic heterocycles. The summed E-state index contributed by atoms with van der Waals surface area (Å²) >= 11 is 0. The van der Waals surface area contributed by atoms with Gasteiger partial charge in [-0.05, 0) is 38.0 Å². The molecule has 4 nitrogen and oxygen atoms in total. The lowest BCUT2D eigenvalue weighted by Crippen LogP contribution is -2.37. The van der Waals surface area contributed by atoms with Crippen molar-refractivity contribution in [1.29, 1.82) is 0 Å². The van der Waals surface area contributed by atoms with E-state index >= 15 is 0 Å². The van der Waals surface area contributed by atoms with Gasteiger partial charge in [0.1, 0.15) is 0 Å². The molecule has 0 unspecified atom stereocenters. The van der Waals surface area contributed by atoms with E-state index in [1.807, 2.05) is 0 Å². The molecule has 1 aliphatic rings. The van der Waals surface area contributed by atoms with E-state index < -0.39 is 23.6 Å². The van der Waals surface area contributed by atoms with Crippen molar-refractivity contribution < 1.29 is 28.9 Å². The minimum absolute atomic E-state index is 0.0955. The van der Waals surface area contributed by atoms with Crippen LogP contribution in [0.3, 0.4) is 0 Å². The number of rotatable bonds is 14. The maximum atomic E-state index is 13.9. The smallest absolute Gasteiger partial charge is 0.364 e. The maximum absolute atomic E-state index is 13.9. The van der Waals surface area contributed by atoms with Crippen molar-refractivity contribution in [2.75, 3.05) is 0 Å². The van der Waals surface area contributed by atoms with Gasteiger partial charge in [0.25, 0.3) is 5.79 Å². The van der Waals surface area contributed by atoms with Gasteiger partial charge >= 0.3 is 12.4 Å². The van der Waals surface area contributed by atoms with E-state index in [9.17, 15) is 23.8 Å². The SMILES string of the molecule is CCCCCCCC[C@]1([C](F)F)CCC[C@@H]1CC=CCCC(O)(O)C(=O)O. The van der Waals surface area contributed by atoms with Gasteiger partial charge in [-0.1, -0.05) is 64.0 Å². The summed E-state index contributed by atoms with van der Waals surface area (Å²) in [5.74, 6) is -4.52. The summed E-state index contributed by atoms with van der Waals surface area (Å²) in [5.41, 5.74) is -0.978. The molecule has 0 amide bonds. The van der Waals surface area contributed by atoms with Crippen molar-refractivity contribution in [2.45, 2.75) is 96.2 Å². The van der Waals surface area contributed by atoms with Crippen LogP contribution < -0.4 is 0 Å². The zero-order chi connectivity index (χ0) is 20.3. The third kappa shape index (κ3) is 7.49. The van der Waals surface area contributed by atoms with Crippen molar-refractivity contribution in [3.05, 3.63) is 18.6 Å². The number of carboxylic acids is 1. The Bertz CT molecular complexity index is 465. The Morgan fingerprint density at radius 2 is 1.81 bits per heavy atom. The van der Waals surface area contributed by atoms with Gasteiger partial charge in [-0.3, -0.25) is 0 Å². The fourth-order valence-corrected chi connectivity index (χ4v) is 4.15. The van der Waals surface area contributed by atoms with E-state index in [2.05, 4.69) is 6.92 Å². The zero-order valence-corrected chi connectivity index (χ0v) is 16.4. The Morgan fingerprint density at radius 1 is 1.15 bits per heavy atom. The highest BCUT2D eigenvalue weighted by molar-refractivity contribution is 5.74. The lowest BCUT2D eigenvalue weighted by atomic mass is 9.72. The second-order valence-corrected chi connectivity index (χ2v) is 7.89. The number of carboxylic acid groups (broad SMARTS) is 1. The van der Waals surface area contributed by atoms with Crippen LogP contribution in [0.1, 0.15) is 90.4 Å². The predicted molar refractivity (Wildman–Crippen MR) is 101 cm³/mol. The van der Waals surface area contributed by atoms with Gasteiger partial charge in [0.05, 0.1) is 0 Å². The van der Waals surface area contributed by atoms with Gasteiger partial charge in [-0.15, -0.1) is 0 Å². The van der Waals surface area contributed by atoms with Gasteiger partial charge in [0, 0.05) is 11.8 Å². The molecule has 0 saturated heterocycles. The molecule has 0 aliphatic heterocycles. The third-order valence-electron chi connectivity index (χ3n) is 5.90. The first-order valence-electron chi connectivity index (χ1n) is 10.3. The number of hydrogen-bond donors (Lipinski definition) is 3. The lowest BCUT2D eigenvalue weighted by Gasteiger charge is -2.33. The quantitative estimate of drug-likeness (QED) is 0.210. The molecule has 0 heterocycles. The highest BCUT2D eigenvalue weighted by Gasteiger charge is 2.49. The van der Waals surface area contributed by atoms with E-state index in [0.29, 0.717) is 19.3 Å². The molecular formula is C21H35F2O4. The second kappa shape index (κ2) is 11.7. The van der Waals surface area contributed by atoms with E-state index in [1.165, 1.54) is 19.3 Å². The molecule has 3 N–H and O–H groups in total. The molecule has 1 fully saturated rings. The molecular weight excluding hydrogens is 354 g/mol. The molecule has 1 aliphatic carbocycles. The largest absolute Gasteiger partial charge is 0.477 e. The number of aliphatic hydroxyl groups is 2. The molecule has 0 spiro atoms. The van der Waals surface area contributed by atoms with Gasteiger partial charge in [-0.25, -0.2) is 4.79 Å². The average molecular weight is 390 g/mol. The number of aliphatic carboxylic acids is 1. The van der Waals surface area contributed by atoms with Crippen LogP contribution in [-0.2, 0) is 4.79 Å². The summed E-state index contributed by atoms with van der Waals surface area (Å²) in [5, 5.41) is 27.1. The normalized spacial score (nSPS) is 23.6. The van der Waals surface area contributed by atoms with E-state index in [4.69, 9.17) is 5.11 Å². The molecule has 0 bridgehead atoms.